The van der Waals surface area contributed by atoms with Crippen molar-refractivity contribution in [2.45, 2.75) is 13.5 Å². The average molecular weight is 561 g/mol. The second-order valence-corrected chi connectivity index (χ2v) is 9.24. The quantitative estimate of drug-likeness (QED) is 0.257. The number of aromatic nitrogens is 7. The number of hydrogen-bond donors (Lipinski definition) is 2. The highest BCUT2D eigenvalue weighted by Crippen LogP contribution is 2.29. The van der Waals surface area contributed by atoms with E-state index in [0.717, 1.165) is 22.5 Å². The zero-order valence-electron chi connectivity index (χ0n) is 21.7. The lowest BCUT2D eigenvalue weighted by Crippen LogP contribution is -2.23. The monoisotopic (exact) mass is 560 g/mol. The molecule has 3 heterocycles. The molecule has 204 valence electrons. The number of halogens is 1. The molecule has 5 rings (SSSR count). The number of rotatable bonds is 9. The third-order valence-electron chi connectivity index (χ3n) is 6.10. The van der Waals surface area contributed by atoms with E-state index in [1.165, 1.54) is 18.1 Å². The molecule has 0 aliphatic carbocycles. The number of aryl methyl sites for hydroxylation is 1. The highest BCUT2D eigenvalue weighted by atomic mass is 35.5. The maximum Gasteiger partial charge on any atom is 0.411 e. The van der Waals surface area contributed by atoms with E-state index < -0.39 is 6.09 Å². The number of amides is 1. The molecule has 0 aliphatic rings. The first-order chi connectivity index (χ1) is 19.4. The number of anilines is 1. The molecule has 0 spiro atoms. The van der Waals surface area contributed by atoms with Gasteiger partial charge in [-0.15, -0.1) is 5.10 Å². The Morgan fingerprint density at radius 2 is 1.90 bits per heavy atom. The van der Waals surface area contributed by atoms with Crippen molar-refractivity contribution < 1.29 is 14.3 Å². The molecule has 13 heteroatoms. The molecule has 0 unspecified atom stereocenters. The summed E-state index contributed by atoms with van der Waals surface area (Å²) >= 11 is 6.27. The van der Waals surface area contributed by atoms with Crippen molar-refractivity contribution in [3.63, 3.8) is 0 Å². The third-order valence-corrected chi connectivity index (χ3v) is 6.33. The molecule has 2 N–H and O–H groups in total. The molecule has 3 aromatic heterocycles. The topological polar surface area (TPSA) is 142 Å². The molecule has 12 nitrogen and oxygen atoms in total. The van der Waals surface area contributed by atoms with Gasteiger partial charge in [0.1, 0.15) is 18.8 Å². The van der Waals surface area contributed by atoms with Crippen molar-refractivity contribution >= 4 is 23.4 Å². The van der Waals surface area contributed by atoms with Crippen LogP contribution < -0.4 is 10.9 Å². The first-order valence-corrected chi connectivity index (χ1v) is 12.6. The molecule has 0 saturated heterocycles. The highest BCUT2D eigenvalue weighted by Gasteiger charge is 2.14. The van der Waals surface area contributed by atoms with Gasteiger partial charge in [0, 0.05) is 35.1 Å². The van der Waals surface area contributed by atoms with Gasteiger partial charge in [0.05, 0.1) is 30.7 Å². The first-order valence-electron chi connectivity index (χ1n) is 12.2. The van der Waals surface area contributed by atoms with E-state index in [-0.39, 0.29) is 18.7 Å². The number of nitrogens with one attached hydrogen (secondary N) is 2. The molecular formula is C27H25ClN8O4. The minimum absolute atomic E-state index is 0.172. The van der Waals surface area contributed by atoms with Crippen LogP contribution in [0, 0.1) is 6.92 Å². The Morgan fingerprint density at radius 3 is 2.62 bits per heavy atom. The second kappa shape index (κ2) is 11.9. The van der Waals surface area contributed by atoms with Crippen LogP contribution in [0.4, 0.5) is 10.5 Å². The fraction of sp³-hybridized carbons (Fsp3) is 0.185. The predicted molar refractivity (Wildman–Crippen MR) is 149 cm³/mol. The van der Waals surface area contributed by atoms with E-state index in [0.29, 0.717) is 34.4 Å². The molecular weight excluding hydrogens is 536 g/mol. The Balaban J connectivity index is 1.32. The van der Waals surface area contributed by atoms with E-state index in [9.17, 15) is 9.59 Å². The summed E-state index contributed by atoms with van der Waals surface area (Å²) < 4.78 is 13.0. The van der Waals surface area contributed by atoms with Gasteiger partial charge in [-0.1, -0.05) is 23.7 Å². The number of hydrogen-bond acceptors (Lipinski definition) is 8. The van der Waals surface area contributed by atoms with Crippen LogP contribution in [0.1, 0.15) is 11.5 Å². The Morgan fingerprint density at radius 1 is 1.07 bits per heavy atom. The average Bonchev–Trinajstić information content (AvgIpc) is 3.64. The SMILES string of the molecule is COCCOC(=O)Nc1ccc(-c2cnc(Cn3c(C)cc(-c4cc(Cl)ccc4-n4cnnn4)cc3=O)[nH]2)cc1. The molecule has 5 aromatic rings. The van der Waals surface area contributed by atoms with Crippen molar-refractivity contribution in [3.8, 4) is 28.1 Å². The van der Waals surface area contributed by atoms with E-state index in [4.69, 9.17) is 21.1 Å². The molecule has 0 aliphatic heterocycles. The van der Waals surface area contributed by atoms with Gasteiger partial charge in [0.25, 0.3) is 5.56 Å². The Bertz CT molecular complexity index is 1680. The lowest BCUT2D eigenvalue weighted by atomic mass is 10.0. The Hall–Kier alpha value is -4.81. The van der Waals surface area contributed by atoms with Crippen LogP contribution in [0.5, 0.6) is 0 Å². The van der Waals surface area contributed by atoms with Crippen LogP contribution in [-0.2, 0) is 16.0 Å². The molecule has 0 atom stereocenters. The zero-order valence-corrected chi connectivity index (χ0v) is 22.4. The van der Waals surface area contributed by atoms with Crippen LogP contribution in [-0.4, -0.2) is 61.2 Å². The lowest BCUT2D eigenvalue weighted by Gasteiger charge is -2.13. The number of H-pyrrole nitrogens is 1. The third kappa shape index (κ3) is 6.08. The summed E-state index contributed by atoms with van der Waals surface area (Å²) in [6.07, 6.45) is 2.63. The fourth-order valence-corrected chi connectivity index (χ4v) is 4.31. The number of imidazole rings is 1. The van der Waals surface area contributed by atoms with E-state index in [2.05, 4.69) is 30.8 Å². The number of methoxy groups -OCH3 is 1. The second-order valence-electron chi connectivity index (χ2n) is 8.80. The van der Waals surface area contributed by atoms with Crippen molar-refractivity contribution in [2.24, 2.45) is 0 Å². The molecule has 0 bridgehead atoms. The predicted octanol–water partition coefficient (Wildman–Crippen LogP) is 4.09. The van der Waals surface area contributed by atoms with Gasteiger partial charge in [-0.25, -0.2) is 9.78 Å². The van der Waals surface area contributed by atoms with Gasteiger partial charge in [0.15, 0.2) is 0 Å². The molecule has 0 saturated carbocycles. The van der Waals surface area contributed by atoms with E-state index in [1.54, 1.807) is 47.2 Å². The number of aromatic amines is 1. The number of carbonyl (C=O) groups excluding carboxylic acids is 1. The van der Waals surface area contributed by atoms with Crippen LogP contribution in [0.15, 0.2) is 71.9 Å². The van der Waals surface area contributed by atoms with Crippen LogP contribution in [0.25, 0.3) is 28.1 Å². The number of ether oxygens (including phenoxy) is 2. The zero-order chi connectivity index (χ0) is 28.1. The summed E-state index contributed by atoms with van der Waals surface area (Å²) in [5.41, 5.74) is 4.92. The number of tetrazole rings is 1. The summed E-state index contributed by atoms with van der Waals surface area (Å²) in [5, 5.41) is 14.6. The smallest absolute Gasteiger partial charge is 0.411 e. The summed E-state index contributed by atoms with van der Waals surface area (Å²) in [7, 11) is 1.54. The molecule has 0 radical (unpaired) electrons. The van der Waals surface area contributed by atoms with Gasteiger partial charge < -0.3 is 19.0 Å². The summed E-state index contributed by atoms with van der Waals surface area (Å²) in [4.78, 5) is 32.7. The maximum atomic E-state index is 13.2. The number of pyridine rings is 1. The normalized spacial score (nSPS) is 11.0. The van der Waals surface area contributed by atoms with Gasteiger partial charge in [-0.2, -0.15) is 4.68 Å². The van der Waals surface area contributed by atoms with Crippen molar-refractivity contribution in [2.75, 3.05) is 25.6 Å². The van der Waals surface area contributed by atoms with Gasteiger partial charge in [-0.05, 0) is 64.9 Å². The fourth-order valence-electron chi connectivity index (χ4n) is 4.14. The summed E-state index contributed by atoms with van der Waals surface area (Å²) in [6, 6.07) is 16.0. The number of carbonyl (C=O) groups is 1. The van der Waals surface area contributed by atoms with E-state index >= 15 is 0 Å². The Labute approximate surface area is 233 Å². The maximum absolute atomic E-state index is 13.2. The molecule has 40 heavy (non-hydrogen) atoms. The highest BCUT2D eigenvalue weighted by molar-refractivity contribution is 6.31. The van der Waals surface area contributed by atoms with Crippen molar-refractivity contribution in [1.29, 1.82) is 0 Å². The first kappa shape index (κ1) is 26.8. The standard InChI is InChI=1S/C27H25ClN8O4/c1-17-11-19(22-13-20(28)5-8-24(22)36-16-30-33-34-36)12-26(37)35(17)15-25-29-14-23(32-25)18-3-6-21(7-4-18)31-27(38)40-10-9-39-2/h3-8,11-14,16H,9-10,15H2,1-2H3,(H,29,32)(H,31,38). The largest absolute Gasteiger partial charge is 0.447 e. The van der Waals surface area contributed by atoms with E-state index in [1.807, 2.05) is 25.1 Å². The Kier molecular flexibility index (Phi) is 7.99. The molecule has 0 fully saturated rings. The lowest BCUT2D eigenvalue weighted by molar-refractivity contribution is 0.107. The number of nitrogens with zero attached hydrogens (tertiary/aromatic N) is 6. The van der Waals surface area contributed by atoms with Gasteiger partial charge >= 0.3 is 6.09 Å². The minimum Gasteiger partial charge on any atom is -0.447 e. The van der Waals surface area contributed by atoms with Crippen LogP contribution in [0.3, 0.4) is 0 Å². The van der Waals surface area contributed by atoms with Crippen molar-refractivity contribution in [3.05, 3.63) is 94.0 Å². The summed E-state index contributed by atoms with van der Waals surface area (Å²) in [6.45, 7) is 2.62. The number of benzene rings is 2. The van der Waals surface area contributed by atoms with Gasteiger partial charge in [-0.3, -0.25) is 10.1 Å². The summed E-state index contributed by atoms with van der Waals surface area (Å²) in [5.74, 6) is 0.619. The minimum atomic E-state index is -0.553. The van der Waals surface area contributed by atoms with Gasteiger partial charge in [0.2, 0.25) is 0 Å². The molecule has 1 amide bonds. The van der Waals surface area contributed by atoms with Crippen LogP contribution >= 0.6 is 11.6 Å². The molecule has 2 aromatic carbocycles. The van der Waals surface area contributed by atoms with Crippen LogP contribution in [0.2, 0.25) is 5.02 Å². The van der Waals surface area contributed by atoms with Crippen molar-refractivity contribution in [1.82, 2.24) is 34.7 Å².